The number of nitrogens with zero attached hydrogens (tertiary/aromatic N) is 1. The Labute approximate surface area is 104 Å². The van der Waals surface area contributed by atoms with E-state index in [2.05, 4.69) is 5.32 Å². The van der Waals surface area contributed by atoms with Gasteiger partial charge in [0.05, 0.1) is 11.4 Å². The Hall–Kier alpha value is -1.07. The van der Waals surface area contributed by atoms with E-state index in [1.165, 1.54) is 4.31 Å². The van der Waals surface area contributed by atoms with Crippen LogP contribution in [0.1, 0.15) is 13.8 Å². The second-order valence-electron chi connectivity index (χ2n) is 3.67. The maximum atomic E-state index is 12.1. The third kappa shape index (κ3) is 4.02. The highest BCUT2D eigenvalue weighted by Gasteiger charge is 2.19. The molecule has 0 spiro atoms. The highest BCUT2D eigenvalue weighted by Crippen LogP contribution is 2.16. The second-order valence-corrected chi connectivity index (χ2v) is 5.68. The van der Waals surface area contributed by atoms with Crippen LogP contribution in [0.3, 0.4) is 0 Å². The van der Waals surface area contributed by atoms with Crippen LogP contribution in [0.25, 0.3) is 0 Å². The summed E-state index contributed by atoms with van der Waals surface area (Å²) < 4.78 is 25.7. The SMILES string of the molecule is CCNCCS(=O)(=O)N(CC)c1ccccc1. The third-order valence-corrected chi connectivity index (χ3v) is 4.31. The molecule has 0 saturated heterocycles. The van der Waals surface area contributed by atoms with Gasteiger partial charge in [0.15, 0.2) is 0 Å². The van der Waals surface area contributed by atoms with Crippen LogP contribution in [0.4, 0.5) is 5.69 Å². The minimum atomic E-state index is -3.23. The Morgan fingerprint density at radius 1 is 1.18 bits per heavy atom. The van der Waals surface area contributed by atoms with Crippen molar-refractivity contribution in [3.8, 4) is 0 Å². The number of anilines is 1. The van der Waals surface area contributed by atoms with Gasteiger partial charge in [-0.1, -0.05) is 25.1 Å². The van der Waals surface area contributed by atoms with E-state index in [1.54, 1.807) is 0 Å². The summed E-state index contributed by atoms with van der Waals surface area (Å²) in [7, 11) is -3.23. The first-order valence-corrected chi connectivity index (χ1v) is 7.49. The molecule has 5 heteroatoms. The van der Waals surface area contributed by atoms with Crippen LogP contribution in [-0.4, -0.2) is 33.8 Å². The van der Waals surface area contributed by atoms with Crippen molar-refractivity contribution in [1.82, 2.24) is 5.32 Å². The zero-order valence-corrected chi connectivity index (χ0v) is 11.2. The Morgan fingerprint density at radius 2 is 1.82 bits per heavy atom. The van der Waals surface area contributed by atoms with E-state index in [1.807, 2.05) is 44.2 Å². The molecule has 0 radical (unpaired) electrons. The third-order valence-electron chi connectivity index (χ3n) is 2.45. The quantitative estimate of drug-likeness (QED) is 0.751. The van der Waals surface area contributed by atoms with Crippen molar-refractivity contribution in [3.63, 3.8) is 0 Å². The molecular formula is C12H20N2O2S. The molecular weight excluding hydrogens is 236 g/mol. The zero-order valence-electron chi connectivity index (χ0n) is 10.4. The summed E-state index contributed by atoms with van der Waals surface area (Å²) in [5, 5.41) is 3.03. The predicted molar refractivity (Wildman–Crippen MR) is 71.8 cm³/mol. The van der Waals surface area contributed by atoms with Crippen molar-refractivity contribution in [2.24, 2.45) is 0 Å². The van der Waals surface area contributed by atoms with Crippen molar-refractivity contribution in [3.05, 3.63) is 30.3 Å². The van der Waals surface area contributed by atoms with Gasteiger partial charge in [-0.25, -0.2) is 8.42 Å². The molecule has 1 N–H and O–H groups in total. The van der Waals surface area contributed by atoms with Gasteiger partial charge in [0, 0.05) is 13.1 Å². The van der Waals surface area contributed by atoms with Crippen LogP contribution < -0.4 is 9.62 Å². The summed E-state index contributed by atoms with van der Waals surface area (Å²) in [5.74, 6) is 0.129. The molecule has 1 aromatic carbocycles. The minimum Gasteiger partial charge on any atom is -0.316 e. The Bertz CT molecular complexity index is 417. The van der Waals surface area contributed by atoms with Gasteiger partial charge in [-0.3, -0.25) is 4.31 Å². The molecule has 0 aliphatic carbocycles. The standard InChI is InChI=1S/C12H20N2O2S/c1-3-13-10-11-17(15,16)14(4-2)12-8-6-5-7-9-12/h5-9,13H,3-4,10-11H2,1-2H3. The van der Waals surface area contributed by atoms with Gasteiger partial charge in [0.2, 0.25) is 10.0 Å². The molecule has 0 heterocycles. The monoisotopic (exact) mass is 256 g/mol. The molecule has 0 bridgehead atoms. The molecule has 0 fully saturated rings. The van der Waals surface area contributed by atoms with Gasteiger partial charge in [0.1, 0.15) is 0 Å². The fourth-order valence-corrected chi connectivity index (χ4v) is 3.08. The van der Waals surface area contributed by atoms with Crippen LogP contribution in [-0.2, 0) is 10.0 Å². The van der Waals surface area contributed by atoms with Crippen molar-refractivity contribution >= 4 is 15.7 Å². The van der Waals surface area contributed by atoms with Crippen molar-refractivity contribution in [1.29, 1.82) is 0 Å². The van der Waals surface area contributed by atoms with Gasteiger partial charge in [0.25, 0.3) is 0 Å². The highest BCUT2D eigenvalue weighted by atomic mass is 32.2. The largest absolute Gasteiger partial charge is 0.316 e. The Balaban J connectivity index is 2.80. The normalized spacial score (nSPS) is 11.4. The molecule has 0 unspecified atom stereocenters. The minimum absolute atomic E-state index is 0.129. The number of para-hydroxylation sites is 1. The van der Waals surface area contributed by atoms with Gasteiger partial charge in [-0.05, 0) is 25.6 Å². The van der Waals surface area contributed by atoms with E-state index in [0.717, 1.165) is 12.2 Å². The molecule has 1 aromatic rings. The summed E-state index contributed by atoms with van der Waals surface area (Å²) in [4.78, 5) is 0. The molecule has 17 heavy (non-hydrogen) atoms. The van der Waals surface area contributed by atoms with Gasteiger partial charge >= 0.3 is 0 Å². The summed E-state index contributed by atoms with van der Waals surface area (Å²) >= 11 is 0. The molecule has 1 rings (SSSR count). The van der Waals surface area contributed by atoms with E-state index >= 15 is 0 Å². The Kier molecular flexibility index (Phi) is 5.44. The smallest absolute Gasteiger partial charge is 0.236 e. The first-order valence-electron chi connectivity index (χ1n) is 5.88. The number of hydrogen-bond donors (Lipinski definition) is 1. The molecule has 0 aliphatic rings. The van der Waals surface area contributed by atoms with Crippen LogP contribution in [0.15, 0.2) is 30.3 Å². The topological polar surface area (TPSA) is 49.4 Å². The lowest BCUT2D eigenvalue weighted by Crippen LogP contribution is -2.36. The maximum absolute atomic E-state index is 12.1. The number of nitrogens with one attached hydrogen (secondary N) is 1. The van der Waals surface area contributed by atoms with Crippen LogP contribution in [0.2, 0.25) is 0 Å². The first kappa shape index (κ1) is 14.0. The van der Waals surface area contributed by atoms with E-state index < -0.39 is 10.0 Å². The predicted octanol–water partition coefficient (Wildman–Crippen LogP) is 1.45. The average molecular weight is 256 g/mol. The highest BCUT2D eigenvalue weighted by molar-refractivity contribution is 7.92. The van der Waals surface area contributed by atoms with E-state index in [4.69, 9.17) is 0 Å². The molecule has 0 aromatic heterocycles. The lowest BCUT2D eigenvalue weighted by Gasteiger charge is -2.22. The molecule has 0 amide bonds. The molecule has 0 saturated carbocycles. The first-order chi connectivity index (χ1) is 8.11. The fourth-order valence-electron chi connectivity index (χ4n) is 1.62. The molecule has 0 aliphatic heterocycles. The summed E-state index contributed by atoms with van der Waals surface area (Å²) in [6, 6.07) is 9.20. The lowest BCUT2D eigenvalue weighted by molar-refractivity contribution is 0.588. The number of rotatable bonds is 7. The molecule has 0 atom stereocenters. The van der Waals surface area contributed by atoms with Crippen molar-refractivity contribution < 1.29 is 8.42 Å². The molecule has 4 nitrogen and oxygen atoms in total. The molecule has 96 valence electrons. The average Bonchev–Trinajstić information content (AvgIpc) is 2.31. The lowest BCUT2D eigenvalue weighted by atomic mass is 10.3. The van der Waals surface area contributed by atoms with Crippen LogP contribution >= 0.6 is 0 Å². The van der Waals surface area contributed by atoms with E-state index in [9.17, 15) is 8.42 Å². The number of benzene rings is 1. The number of sulfonamides is 1. The van der Waals surface area contributed by atoms with Crippen LogP contribution in [0, 0.1) is 0 Å². The summed E-state index contributed by atoms with van der Waals surface area (Å²) in [6.07, 6.45) is 0. The fraction of sp³-hybridized carbons (Fsp3) is 0.500. The maximum Gasteiger partial charge on any atom is 0.236 e. The van der Waals surface area contributed by atoms with Crippen molar-refractivity contribution in [2.45, 2.75) is 13.8 Å². The summed E-state index contributed by atoms with van der Waals surface area (Å²) in [5.41, 5.74) is 0.728. The van der Waals surface area contributed by atoms with E-state index in [-0.39, 0.29) is 5.75 Å². The zero-order chi connectivity index (χ0) is 12.7. The van der Waals surface area contributed by atoms with Gasteiger partial charge < -0.3 is 5.32 Å². The van der Waals surface area contributed by atoms with Crippen molar-refractivity contribution in [2.75, 3.05) is 29.7 Å². The van der Waals surface area contributed by atoms with E-state index in [0.29, 0.717) is 13.1 Å². The Morgan fingerprint density at radius 3 is 2.35 bits per heavy atom. The second kappa shape index (κ2) is 6.61. The summed E-state index contributed by atoms with van der Waals surface area (Å²) in [6.45, 7) is 5.53. The number of hydrogen-bond acceptors (Lipinski definition) is 3. The van der Waals surface area contributed by atoms with Gasteiger partial charge in [-0.2, -0.15) is 0 Å². The van der Waals surface area contributed by atoms with Crippen LogP contribution in [0.5, 0.6) is 0 Å². The van der Waals surface area contributed by atoms with Gasteiger partial charge in [-0.15, -0.1) is 0 Å².